The first-order valence-corrected chi connectivity index (χ1v) is 9.73. The van der Waals surface area contributed by atoms with Gasteiger partial charge >= 0.3 is 17.9 Å². The molecule has 2 bridgehead atoms. The van der Waals surface area contributed by atoms with Gasteiger partial charge in [0.05, 0.1) is 5.57 Å². The summed E-state index contributed by atoms with van der Waals surface area (Å²) in [6, 6.07) is 0. The van der Waals surface area contributed by atoms with Crippen LogP contribution < -0.4 is 0 Å². The quantitative estimate of drug-likeness (QED) is 0.421. The summed E-state index contributed by atoms with van der Waals surface area (Å²) in [6.45, 7) is 7.55. The number of rotatable bonds is 4. The maximum Gasteiger partial charge on any atom is 0.343 e. The average molecular weight is 418 g/mol. The highest BCUT2D eigenvalue weighted by atomic mass is 16.6. The number of carbonyl (C=O) groups is 3. The van der Waals surface area contributed by atoms with E-state index in [1.54, 1.807) is 45.9 Å². The molecule has 8 nitrogen and oxygen atoms in total. The topological polar surface area (TPSA) is 108 Å². The van der Waals surface area contributed by atoms with Crippen LogP contribution in [0.5, 0.6) is 0 Å². The van der Waals surface area contributed by atoms with E-state index < -0.39 is 35.2 Å². The molecule has 3 rings (SSSR count). The van der Waals surface area contributed by atoms with Crippen LogP contribution in [-0.4, -0.2) is 46.9 Å². The SMILES string of the molecule is C/C=C(\C)C(=O)O[C@H]1C[C@@](C)(O)C2=CC[C@](C)(/C=C3/OC(=O)C(COC(C)=O)=C31)O2. The third-order valence-electron chi connectivity index (χ3n) is 5.37. The molecule has 0 aliphatic carbocycles. The fourth-order valence-electron chi connectivity index (χ4n) is 3.58. The molecule has 0 amide bonds. The van der Waals surface area contributed by atoms with Crippen molar-refractivity contribution in [2.24, 2.45) is 0 Å². The van der Waals surface area contributed by atoms with Crippen molar-refractivity contribution >= 4 is 17.9 Å². The predicted octanol–water partition coefficient (Wildman–Crippen LogP) is 2.38. The van der Waals surface area contributed by atoms with Crippen molar-refractivity contribution in [3.63, 3.8) is 0 Å². The van der Waals surface area contributed by atoms with E-state index in [4.69, 9.17) is 18.9 Å². The van der Waals surface area contributed by atoms with Crippen molar-refractivity contribution in [1.29, 1.82) is 0 Å². The van der Waals surface area contributed by atoms with E-state index in [1.165, 1.54) is 6.92 Å². The number of fused-ring (bicyclic) bond motifs is 3. The Balaban J connectivity index is 2.14. The molecule has 0 aromatic carbocycles. The second-order valence-electron chi connectivity index (χ2n) is 8.10. The minimum atomic E-state index is -1.47. The Bertz CT molecular complexity index is 917. The standard InChI is InChI=1S/C22H26O8/c1-6-12(2)19(24)28-16-10-22(5,26)17-7-8-21(4,30-17)9-15-18(16)14(20(25)29-15)11-27-13(3)23/h6-7,9,16,26H,8,10-11H2,1-5H3/b12-6+,15-9+/t16-,21+,22+/m0/s1. The van der Waals surface area contributed by atoms with Gasteiger partial charge in [-0.1, -0.05) is 6.08 Å². The van der Waals surface area contributed by atoms with E-state index in [-0.39, 0.29) is 29.9 Å². The Morgan fingerprint density at radius 2 is 2.03 bits per heavy atom. The first-order valence-electron chi connectivity index (χ1n) is 9.73. The fraction of sp³-hybridized carbons (Fsp3) is 0.500. The van der Waals surface area contributed by atoms with Crippen molar-refractivity contribution in [1.82, 2.24) is 0 Å². The fourth-order valence-corrected chi connectivity index (χ4v) is 3.58. The van der Waals surface area contributed by atoms with Crippen LogP contribution in [0, 0.1) is 0 Å². The molecule has 0 saturated heterocycles. The molecule has 30 heavy (non-hydrogen) atoms. The lowest BCUT2D eigenvalue weighted by atomic mass is 9.88. The van der Waals surface area contributed by atoms with Gasteiger partial charge in [0.15, 0.2) is 0 Å². The van der Waals surface area contributed by atoms with Crippen LogP contribution in [0.3, 0.4) is 0 Å². The zero-order valence-corrected chi connectivity index (χ0v) is 17.7. The first-order chi connectivity index (χ1) is 14.0. The molecule has 0 radical (unpaired) electrons. The van der Waals surface area contributed by atoms with Gasteiger partial charge in [-0.15, -0.1) is 0 Å². The molecule has 0 saturated carbocycles. The minimum Gasteiger partial charge on any atom is -0.485 e. The van der Waals surface area contributed by atoms with Crippen molar-refractivity contribution in [2.75, 3.05) is 6.61 Å². The lowest BCUT2D eigenvalue weighted by Crippen LogP contribution is -2.36. The molecular formula is C22H26O8. The third-order valence-corrected chi connectivity index (χ3v) is 5.37. The molecule has 3 aliphatic heterocycles. The summed E-state index contributed by atoms with van der Waals surface area (Å²) in [6.07, 6.45) is 4.37. The van der Waals surface area contributed by atoms with Crippen LogP contribution in [0.1, 0.15) is 47.5 Å². The van der Waals surface area contributed by atoms with Crippen LogP contribution in [0.2, 0.25) is 0 Å². The van der Waals surface area contributed by atoms with E-state index in [2.05, 4.69) is 0 Å². The summed E-state index contributed by atoms with van der Waals surface area (Å²) in [5.74, 6) is -1.33. The summed E-state index contributed by atoms with van der Waals surface area (Å²) in [5.41, 5.74) is -1.61. The first kappa shape index (κ1) is 21.8. The van der Waals surface area contributed by atoms with Gasteiger partial charge in [-0.05, 0) is 33.8 Å². The number of carbonyl (C=O) groups excluding carboxylic acids is 3. The Labute approximate surface area is 174 Å². The van der Waals surface area contributed by atoms with Gasteiger partial charge in [0.1, 0.15) is 35.4 Å². The Morgan fingerprint density at radius 3 is 2.67 bits per heavy atom. The van der Waals surface area contributed by atoms with Gasteiger partial charge in [0.2, 0.25) is 0 Å². The number of hydrogen-bond donors (Lipinski definition) is 1. The van der Waals surface area contributed by atoms with Gasteiger partial charge in [0.25, 0.3) is 0 Å². The normalized spacial score (nSPS) is 32.5. The number of hydrogen-bond acceptors (Lipinski definition) is 8. The van der Waals surface area contributed by atoms with Gasteiger partial charge in [-0.25, -0.2) is 9.59 Å². The lowest BCUT2D eigenvalue weighted by Gasteiger charge is -2.30. The third kappa shape index (κ3) is 4.18. The molecule has 0 aromatic rings. The molecule has 3 heterocycles. The molecule has 1 N–H and O–H groups in total. The van der Waals surface area contributed by atoms with Gasteiger partial charge in [-0.2, -0.15) is 0 Å². The second kappa shape index (κ2) is 7.75. The number of allylic oxidation sites excluding steroid dienone is 1. The molecule has 0 aromatic heterocycles. The monoisotopic (exact) mass is 418 g/mol. The highest BCUT2D eigenvalue weighted by molar-refractivity contribution is 5.96. The second-order valence-corrected chi connectivity index (χ2v) is 8.10. The molecule has 3 atom stereocenters. The molecule has 0 spiro atoms. The molecule has 3 aliphatic rings. The highest BCUT2D eigenvalue weighted by Crippen LogP contribution is 2.44. The summed E-state index contributed by atoms with van der Waals surface area (Å²) >= 11 is 0. The van der Waals surface area contributed by atoms with Gasteiger partial charge < -0.3 is 24.1 Å². The summed E-state index contributed by atoms with van der Waals surface area (Å²) < 4.78 is 22.1. The largest absolute Gasteiger partial charge is 0.485 e. The zero-order chi connectivity index (χ0) is 22.3. The lowest BCUT2D eigenvalue weighted by molar-refractivity contribution is -0.145. The van der Waals surface area contributed by atoms with Crippen LogP contribution in [-0.2, 0) is 33.3 Å². The predicted molar refractivity (Wildman–Crippen MR) is 105 cm³/mol. The van der Waals surface area contributed by atoms with Crippen LogP contribution in [0.15, 0.2) is 46.5 Å². The van der Waals surface area contributed by atoms with Crippen LogP contribution in [0.4, 0.5) is 0 Å². The summed E-state index contributed by atoms with van der Waals surface area (Å²) in [4.78, 5) is 36.4. The van der Waals surface area contributed by atoms with E-state index in [9.17, 15) is 19.5 Å². The van der Waals surface area contributed by atoms with E-state index in [0.717, 1.165) is 0 Å². The zero-order valence-electron chi connectivity index (χ0n) is 17.7. The smallest absolute Gasteiger partial charge is 0.343 e. The number of aliphatic hydroxyl groups is 1. The highest BCUT2D eigenvalue weighted by Gasteiger charge is 2.47. The Morgan fingerprint density at radius 1 is 1.33 bits per heavy atom. The van der Waals surface area contributed by atoms with E-state index in [0.29, 0.717) is 17.8 Å². The summed E-state index contributed by atoms with van der Waals surface area (Å²) in [5, 5.41) is 11.1. The van der Waals surface area contributed by atoms with Gasteiger partial charge in [-0.3, -0.25) is 4.79 Å². The number of esters is 3. The maximum atomic E-state index is 12.6. The molecule has 8 heteroatoms. The Hall–Kier alpha value is -2.87. The van der Waals surface area contributed by atoms with Crippen LogP contribution in [0.25, 0.3) is 0 Å². The van der Waals surface area contributed by atoms with Gasteiger partial charge in [0, 0.05) is 37.0 Å². The molecule has 0 unspecified atom stereocenters. The van der Waals surface area contributed by atoms with E-state index >= 15 is 0 Å². The molecule has 162 valence electrons. The average Bonchev–Trinajstić information content (AvgIpc) is 3.18. The van der Waals surface area contributed by atoms with Crippen molar-refractivity contribution in [3.8, 4) is 0 Å². The molecular weight excluding hydrogens is 392 g/mol. The number of ether oxygens (including phenoxy) is 4. The van der Waals surface area contributed by atoms with Crippen molar-refractivity contribution in [3.05, 3.63) is 46.5 Å². The van der Waals surface area contributed by atoms with Crippen LogP contribution >= 0.6 is 0 Å². The van der Waals surface area contributed by atoms with Crippen molar-refractivity contribution < 1.29 is 38.4 Å². The molecule has 0 fully saturated rings. The van der Waals surface area contributed by atoms with Crippen molar-refractivity contribution in [2.45, 2.75) is 64.8 Å². The van der Waals surface area contributed by atoms with E-state index in [1.807, 2.05) is 0 Å². The maximum absolute atomic E-state index is 12.6. The summed E-state index contributed by atoms with van der Waals surface area (Å²) in [7, 11) is 0. The Kier molecular flexibility index (Phi) is 5.64. The minimum absolute atomic E-state index is 0.0681.